The SMILES string of the molecule is O=C(NCc1cccc(CN2CCOCC2)c1)c1cccc(OCc2ccccc2Cl)c1. The summed E-state index contributed by atoms with van der Waals surface area (Å²) < 4.78 is 11.3. The number of halogens is 1. The lowest BCUT2D eigenvalue weighted by Gasteiger charge is -2.26. The average Bonchev–Trinajstić information content (AvgIpc) is 2.83. The van der Waals surface area contributed by atoms with Crippen LogP contribution < -0.4 is 10.1 Å². The molecule has 0 spiro atoms. The summed E-state index contributed by atoms with van der Waals surface area (Å²) in [6.45, 7) is 5.21. The van der Waals surface area contributed by atoms with E-state index < -0.39 is 0 Å². The van der Waals surface area contributed by atoms with Gasteiger partial charge in [-0.05, 0) is 35.4 Å². The standard InChI is InChI=1S/C26H27ClN2O3/c27-25-10-2-1-7-23(25)19-32-24-9-4-8-22(16-24)26(30)28-17-20-5-3-6-21(15-20)18-29-11-13-31-14-12-29/h1-10,15-16H,11-14,17-19H2,(H,28,30). The van der Waals surface area contributed by atoms with Crippen LogP contribution in [0.2, 0.25) is 5.02 Å². The molecule has 1 N–H and O–H groups in total. The number of hydrogen-bond acceptors (Lipinski definition) is 4. The minimum Gasteiger partial charge on any atom is -0.489 e. The van der Waals surface area contributed by atoms with Crippen molar-refractivity contribution >= 4 is 17.5 Å². The largest absolute Gasteiger partial charge is 0.489 e. The number of nitrogens with zero attached hydrogens (tertiary/aromatic N) is 1. The molecule has 32 heavy (non-hydrogen) atoms. The van der Waals surface area contributed by atoms with Crippen molar-refractivity contribution in [3.63, 3.8) is 0 Å². The van der Waals surface area contributed by atoms with Gasteiger partial charge in [0, 0.05) is 42.3 Å². The summed E-state index contributed by atoms with van der Waals surface area (Å²) in [5.74, 6) is 0.497. The van der Waals surface area contributed by atoms with Crippen LogP contribution in [0.15, 0.2) is 72.8 Å². The van der Waals surface area contributed by atoms with Crippen molar-refractivity contribution in [1.29, 1.82) is 0 Å². The molecule has 1 heterocycles. The van der Waals surface area contributed by atoms with Crippen LogP contribution in [0.5, 0.6) is 5.75 Å². The zero-order chi connectivity index (χ0) is 22.2. The maximum absolute atomic E-state index is 12.7. The van der Waals surface area contributed by atoms with Crippen LogP contribution in [0.25, 0.3) is 0 Å². The molecule has 3 aromatic rings. The van der Waals surface area contributed by atoms with E-state index in [-0.39, 0.29) is 5.91 Å². The van der Waals surface area contributed by atoms with Crippen LogP contribution in [0, 0.1) is 0 Å². The van der Waals surface area contributed by atoms with Gasteiger partial charge in [0.2, 0.25) is 0 Å². The summed E-state index contributed by atoms with van der Waals surface area (Å²) in [5, 5.41) is 3.67. The highest BCUT2D eigenvalue weighted by Crippen LogP contribution is 2.19. The summed E-state index contributed by atoms with van der Waals surface area (Å²) in [6, 6.07) is 23.1. The Morgan fingerprint density at radius 1 is 0.969 bits per heavy atom. The quantitative estimate of drug-likeness (QED) is 0.541. The molecule has 4 rings (SSSR count). The molecule has 1 amide bonds. The first-order chi connectivity index (χ1) is 15.7. The van der Waals surface area contributed by atoms with Crippen molar-refractivity contribution in [2.24, 2.45) is 0 Å². The number of rotatable bonds is 8. The molecule has 3 aromatic carbocycles. The topological polar surface area (TPSA) is 50.8 Å². The average molecular weight is 451 g/mol. The minimum atomic E-state index is -0.133. The van der Waals surface area contributed by atoms with Crippen molar-refractivity contribution in [2.45, 2.75) is 19.7 Å². The van der Waals surface area contributed by atoms with Gasteiger partial charge in [-0.3, -0.25) is 9.69 Å². The Bertz CT molecular complexity index is 1050. The molecule has 0 radical (unpaired) electrons. The molecule has 0 atom stereocenters. The summed E-state index contributed by atoms with van der Waals surface area (Å²) in [6.07, 6.45) is 0. The number of hydrogen-bond donors (Lipinski definition) is 1. The molecular weight excluding hydrogens is 424 g/mol. The first-order valence-corrected chi connectivity index (χ1v) is 11.2. The van der Waals surface area contributed by atoms with E-state index in [1.807, 2.05) is 48.5 Å². The third-order valence-corrected chi connectivity index (χ3v) is 5.77. The van der Waals surface area contributed by atoms with Gasteiger partial charge in [0.25, 0.3) is 5.91 Å². The van der Waals surface area contributed by atoms with E-state index >= 15 is 0 Å². The molecule has 6 heteroatoms. The smallest absolute Gasteiger partial charge is 0.251 e. The number of nitrogens with one attached hydrogen (secondary N) is 1. The fourth-order valence-electron chi connectivity index (χ4n) is 3.64. The van der Waals surface area contributed by atoms with Crippen LogP contribution >= 0.6 is 11.6 Å². The second-order valence-corrected chi connectivity index (χ2v) is 8.21. The molecule has 1 fully saturated rings. The predicted molar refractivity (Wildman–Crippen MR) is 126 cm³/mol. The molecule has 0 unspecified atom stereocenters. The van der Waals surface area contributed by atoms with E-state index in [9.17, 15) is 4.79 Å². The fourth-order valence-corrected chi connectivity index (χ4v) is 3.83. The van der Waals surface area contributed by atoms with E-state index in [0.29, 0.717) is 29.5 Å². The number of benzene rings is 3. The normalized spacial score (nSPS) is 14.2. The Kier molecular flexibility index (Phi) is 7.77. The van der Waals surface area contributed by atoms with Gasteiger partial charge in [0.05, 0.1) is 13.2 Å². The van der Waals surface area contributed by atoms with Crippen molar-refractivity contribution in [1.82, 2.24) is 10.2 Å². The lowest BCUT2D eigenvalue weighted by atomic mass is 10.1. The first kappa shape index (κ1) is 22.3. The van der Waals surface area contributed by atoms with Gasteiger partial charge < -0.3 is 14.8 Å². The van der Waals surface area contributed by atoms with Crippen molar-refractivity contribution in [3.8, 4) is 5.75 Å². The van der Waals surface area contributed by atoms with Gasteiger partial charge in [-0.2, -0.15) is 0 Å². The first-order valence-electron chi connectivity index (χ1n) is 10.8. The number of morpholine rings is 1. The summed E-state index contributed by atoms with van der Waals surface area (Å²) in [4.78, 5) is 15.1. The van der Waals surface area contributed by atoms with Gasteiger partial charge in [-0.15, -0.1) is 0 Å². The van der Waals surface area contributed by atoms with Crippen LogP contribution in [-0.4, -0.2) is 37.1 Å². The summed E-state index contributed by atoms with van der Waals surface area (Å²) in [7, 11) is 0. The Balaban J connectivity index is 1.31. The van der Waals surface area contributed by atoms with Crippen LogP contribution in [0.3, 0.4) is 0 Å². The van der Waals surface area contributed by atoms with Crippen molar-refractivity contribution in [2.75, 3.05) is 26.3 Å². The molecule has 1 aliphatic heterocycles. The molecule has 5 nitrogen and oxygen atoms in total. The lowest BCUT2D eigenvalue weighted by Crippen LogP contribution is -2.35. The van der Waals surface area contributed by atoms with Gasteiger partial charge in [0.1, 0.15) is 12.4 Å². The number of ether oxygens (including phenoxy) is 2. The fraction of sp³-hybridized carbons (Fsp3) is 0.269. The third-order valence-electron chi connectivity index (χ3n) is 5.40. The second-order valence-electron chi connectivity index (χ2n) is 7.80. The maximum atomic E-state index is 12.7. The van der Waals surface area contributed by atoms with Crippen LogP contribution in [-0.2, 0) is 24.4 Å². The Labute approximate surface area is 193 Å². The minimum absolute atomic E-state index is 0.133. The molecule has 0 aliphatic carbocycles. The van der Waals surface area contributed by atoms with E-state index in [0.717, 1.165) is 44.0 Å². The van der Waals surface area contributed by atoms with Gasteiger partial charge >= 0.3 is 0 Å². The van der Waals surface area contributed by atoms with Crippen molar-refractivity contribution in [3.05, 3.63) is 100 Å². The zero-order valence-electron chi connectivity index (χ0n) is 17.9. The Morgan fingerprint density at radius 2 is 1.75 bits per heavy atom. The van der Waals surface area contributed by atoms with Crippen molar-refractivity contribution < 1.29 is 14.3 Å². The van der Waals surface area contributed by atoms with Crippen LogP contribution in [0.4, 0.5) is 0 Å². The zero-order valence-corrected chi connectivity index (χ0v) is 18.7. The number of amides is 1. The monoisotopic (exact) mass is 450 g/mol. The Morgan fingerprint density at radius 3 is 2.59 bits per heavy atom. The molecule has 166 valence electrons. The van der Waals surface area contributed by atoms with E-state index in [1.54, 1.807) is 12.1 Å². The summed E-state index contributed by atoms with van der Waals surface area (Å²) in [5.41, 5.74) is 3.79. The van der Waals surface area contributed by atoms with Gasteiger partial charge in [-0.1, -0.05) is 60.1 Å². The molecule has 0 aromatic heterocycles. The highest BCUT2D eigenvalue weighted by molar-refractivity contribution is 6.31. The third kappa shape index (κ3) is 6.33. The molecule has 0 saturated carbocycles. The Hall–Kier alpha value is -2.86. The highest BCUT2D eigenvalue weighted by Gasteiger charge is 2.11. The maximum Gasteiger partial charge on any atom is 0.251 e. The second kappa shape index (κ2) is 11.1. The van der Waals surface area contributed by atoms with Crippen LogP contribution in [0.1, 0.15) is 27.0 Å². The van der Waals surface area contributed by atoms with Gasteiger partial charge in [0.15, 0.2) is 0 Å². The highest BCUT2D eigenvalue weighted by atomic mass is 35.5. The summed E-state index contributed by atoms with van der Waals surface area (Å²) >= 11 is 6.18. The van der Waals surface area contributed by atoms with E-state index in [1.165, 1.54) is 5.56 Å². The lowest BCUT2D eigenvalue weighted by molar-refractivity contribution is 0.0342. The van der Waals surface area contributed by atoms with E-state index in [4.69, 9.17) is 21.1 Å². The molecule has 1 aliphatic rings. The number of carbonyl (C=O) groups is 1. The predicted octanol–water partition coefficient (Wildman–Crippen LogP) is 4.68. The molecular formula is C26H27ClN2O3. The molecule has 0 bridgehead atoms. The molecule has 1 saturated heterocycles. The number of carbonyl (C=O) groups excluding carboxylic acids is 1. The van der Waals surface area contributed by atoms with Gasteiger partial charge in [-0.25, -0.2) is 0 Å². The van der Waals surface area contributed by atoms with E-state index in [2.05, 4.69) is 22.3 Å².